The number of benzene rings is 1. The summed E-state index contributed by atoms with van der Waals surface area (Å²) in [6.45, 7) is 13.1. The normalized spacial score (nSPS) is 12.9. The molecule has 1 N–H and O–H groups in total. The highest BCUT2D eigenvalue weighted by atomic mass is 16.5. The van der Waals surface area contributed by atoms with Gasteiger partial charge in [-0.25, -0.2) is 0 Å². The summed E-state index contributed by atoms with van der Waals surface area (Å²) in [6, 6.07) is 8.54. The predicted molar refractivity (Wildman–Crippen MR) is 87.6 cm³/mol. The quantitative estimate of drug-likeness (QED) is 0.712. The molecular formula is C18H31NO. The topological polar surface area (TPSA) is 21.3 Å². The SMILES string of the molecule is CCCC(CNCC(C)C)Oc1ccc(C(C)C)cc1. The van der Waals surface area contributed by atoms with Crippen LogP contribution >= 0.6 is 0 Å². The van der Waals surface area contributed by atoms with E-state index in [4.69, 9.17) is 4.74 Å². The Kier molecular flexibility index (Phi) is 7.68. The molecule has 0 heterocycles. The third kappa shape index (κ3) is 6.42. The Morgan fingerprint density at radius 1 is 1.00 bits per heavy atom. The minimum atomic E-state index is 0.267. The predicted octanol–water partition coefficient (Wildman–Crippen LogP) is 4.60. The fourth-order valence-corrected chi connectivity index (χ4v) is 2.18. The molecule has 114 valence electrons. The molecule has 0 aliphatic carbocycles. The molecule has 0 saturated carbocycles. The van der Waals surface area contributed by atoms with Crippen molar-refractivity contribution >= 4 is 0 Å². The third-order valence-corrected chi connectivity index (χ3v) is 3.38. The molecule has 0 spiro atoms. The highest BCUT2D eigenvalue weighted by molar-refractivity contribution is 5.29. The van der Waals surface area contributed by atoms with Crippen LogP contribution in [0.4, 0.5) is 0 Å². The van der Waals surface area contributed by atoms with Gasteiger partial charge in [0, 0.05) is 6.54 Å². The molecule has 0 amide bonds. The van der Waals surface area contributed by atoms with Gasteiger partial charge in [0.15, 0.2) is 0 Å². The van der Waals surface area contributed by atoms with Crippen molar-refractivity contribution in [2.45, 2.75) is 59.5 Å². The number of rotatable bonds is 9. The summed E-state index contributed by atoms with van der Waals surface area (Å²) in [5.41, 5.74) is 1.36. The molecule has 0 saturated heterocycles. The van der Waals surface area contributed by atoms with Crippen molar-refractivity contribution < 1.29 is 4.74 Å². The van der Waals surface area contributed by atoms with E-state index in [1.807, 2.05) is 0 Å². The van der Waals surface area contributed by atoms with Crippen LogP contribution in [0.2, 0.25) is 0 Å². The maximum atomic E-state index is 6.11. The van der Waals surface area contributed by atoms with Gasteiger partial charge in [-0.15, -0.1) is 0 Å². The maximum absolute atomic E-state index is 6.11. The number of nitrogens with one attached hydrogen (secondary N) is 1. The maximum Gasteiger partial charge on any atom is 0.119 e. The molecule has 1 rings (SSSR count). The molecule has 0 aromatic heterocycles. The fraction of sp³-hybridized carbons (Fsp3) is 0.667. The Bertz CT molecular complexity index is 356. The Morgan fingerprint density at radius 3 is 2.15 bits per heavy atom. The van der Waals surface area contributed by atoms with Crippen LogP contribution in [0.1, 0.15) is 58.9 Å². The molecule has 1 atom stereocenters. The number of ether oxygens (including phenoxy) is 1. The molecule has 1 unspecified atom stereocenters. The van der Waals surface area contributed by atoms with Gasteiger partial charge in [0.1, 0.15) is 11.9 Å². The van der Waals surface area contributed by atoms with Crippen LogP contribution in [-0.4, -0.2) is 19.2 Å². The first-order chi connectivity index (χ1) is 9.52. The minimum absolute atomic E-state index is 0.267. The molecule has 0 aliphatic heterocycles. The van der Waals surface area contributed by atoms with E-state index in [-0.39, 0.29) is 6.10 Å². The minimum Gasteiger partial charge on any atom is -0.489 e. The summed E-state index contributed by atoms with van der Waals surface area (Å²) in [5.74, 6) is 2.24. The smallest absolute Gasteiger partial charge is 0.119 e. The molecular weight excluding hydrogens is 246 g/mol. The van der Waals surface area contributed by atoms with E-state index in [1.54, 1.807) is 0 Å². The van der Waals surface area contributed by atoms with Crippen LogP contribution < -0.4 is 10.1 Å². The van der Waals surface area contributed by atoms with Crippen molar-refractivity contribution in [1.29, 1.82) is 0 Å². The van der Waals surface area contributed by atoms with Crippen molar-refractivity contribution in [3.05, 3.63) is 29.8 Å². The van der Waals surface area contributed by atoms with Gasteiger partial charge in [0.05, 0.1) is 0 Å². The van der Waals surface area contributed by atoms with Crippen LogP contribution in [0.5, 0.6) is 5.75 Å². The zero-order valence-electron chi connectivity index (χ0n) is 13.8. The van der Waals surface area contributed by atoms with Crippen molar-refractivity contribution in [2.24, 2.45) is 5.92 Å². The number of hydrogen-bond donors (Lipinski definition) is 1. The van der Waals surface area contributed by atoms with Gasteiger partial charge in [-0.2, -0.15) is 0 Å². The molecule has 2 nitrogen and oxygen atoms in total. The average molecular weight is 277 g/mol. The van der Waals surface area contributed by atoms with Crippen molar-refractivity contribution in [3.63, 3.8) is 0 Å². The van der Waals surface area contributed by atoms with Crippen LogP contribution in [0.25, 0.3) is 0 Å². The summed E-state index contributed by atoms with van der Waals surface area (Å²) >= 11 is 0. The largest absolute Gasteiger partial charge is 0.489 e. The van der Waals surface area contributed by atoms with E-state index in [0.717, 1.165) is 31.7 Å². The molecule has 1 aromatic carbocycles. The van der Waals surface area contributed by atoms with Crippen LogP contribution in [0.15, 0.2) is 24.3 Å². The summed E-state index contributed by atoms with van der Waals surface area (Å²) in [5, 5.41) is 3.49. The van der Waals surface area contributed by atoms with Gasteiger partial charge in [-0.05, 0) is 42.5 Å². The van der Waals surface area contributed by atoms with E-state index >= 15 is 0 Å². The van der Waals surface area contributed by atoms with Crippen molar-refractivity contribution in [3.8, 4) is 5.75 Å². The second-order valence-corrected chi connectivity index (χ2v) is 6.30. The van der Waals surface area contributed by atoms with E-state index in [2.05, 4.69) is 64.2 Å². The van der Waals surface area contributed by atoms with Gasteiger partial charge in [0.25, 0.3) is 0 Å². The summed E-state index contributed by atoms with van der Waals surface area (Å²) in [4.78, 5) is 0. The van der Waals surface area contributed by atoms with E-state index in [9.17, 15) is 0 Å². The van der Waals surface area contributed by atoms with E-state index in [0.29, 0.717) is 11.8 Å². The third-order valence-electron chi connectivity index (χ3n) is 3.38. The highest BCUT2D eigenvalue weighted by Gasteiger charge is 2.10. The van der Waals surface area contributed by atoms with Crippen LogP contribution in [-0.2, 0) is 0 Å². The number of hydrogen-bond acceptors (Lipinski definition) is 2. The monoisotopic (exact) mass is 277 g/mol. The lowest BCUT2D eigenvalue weighted by Crippen LogP contribution is -2.33. The summed E-state index contributed by atoms with van der Waals surface area (Å²) in [7, 11) is 0. The Morgan fingerprint density at radius 2 is 1.65 bits per heavy atom. The van der Waals surface area contributed by atoms with Crippen molar-refractivity contribution in [1.82, 2.24) is 5.32 Å². The molecule has 0 fully saturated rings. The molecule has 0 bridgehead atoms. The zero-order valence-corrected chi connectivity index (χ0v) is 13.8. The van der Waals surface area contributed by atoms with Crippen LogP contribution in [0, 0.1) is 5.92 Å². The Hall–Kier alpha value is -1.02. The molecule has 20 heavy (non-hydrogen) atoms. The average Bonchev–Trinajstić information content (AvgIpc) is 2.39. The lowest BCUT2D eigenvalue weighted by atomic mass is 10.0. The Labute approximate surface area is 124 Å². The standard InChI is InChI=1S/C18H31NO/c1-6-7-18(13-19-12-14(2)3)20-17-10-8-16(9-11-17)15(4)5/h8-11,14-15,18-19H,6-7,12-13H2,1-5H3. The second kappa shape index (κ2) is 9.02. The van der Waals surface area contributed by atoms with E-state index < -0.39 is 0 Å². The zero-order chi connectivity index (χ0) is 15.0. The van der Waals surface area contributed by atoms with Crippen molar-refractivity contribution in [2.75, 3.05) is 13.1 Å². The lowest BCUT2D eigenvalue weighted by Gasteiger charge is -2.20. The van der Waals surface area contributed by atoms with Gasteiger partial charge < -0.3 is 10.1 Å². The molecule has 0 aliphatic rings. The van der Waals surface area contributed by atoms with Gasteiger partial charge in [0.2, 0.25) is 0 Å². The Balaban J connectivity index is 2.51. The van der Waals surface area contributed by atoms with Gasteiger partial charge in [-0.3, -0.25) is 0 Å². The molecule has 1 aromatic rings. The van der Waals surface area contributed by atoms with Gasteiger partial charge >= 0.3 is 0 Å². The van der Waals surface area contributed by atoms with E-state index in [1.165, 1.54) is 5.56 Å². The second-order valence-electron chi connectivity index (χ2n) is 6.30. The first kappa shape index (κ1) is 17.0. The lowest BCUT2D eigenvalue weighted by molar-refractivity contribution is 0.185. The molecule has 0 radical (unpaired) electrons. The summed E-state index contributed by atoms with van der Waals surface area (Å²) < 4.78 is 6.11. The highest BCUT2D eigenvalue weighted by Crippen LogP contribution is 2.20. The molecule has 2 heteroatoms. The summed E-state index contributed by atoms with van der Waals surface area (Å²) in [6.07, 6.45) is 2.51. The fourth-order valence-electron chi connectivity index (χ4n) is 2.18. The first-order valence-corrected chi connectivity index (χ1v) is 8.00. The first-order valence-electron chi connectivity index (χ1n) is 8.00. The van der Waals surface area contributed by atoms with Gasteiger partial charge in [-0.1, -0.05) is 53.2 Å². The van der Waals surface area contributed by atoms with Crippen LogP contribution in [0.3, 0.4) is 0 Å².